The molecule has 0 amide bonds. The van der Waals surface area contributed by atoms with Crippen LogP contribution in [0.3, 0.4) is 0 Å². The fourth-order valence-corrected chi connectivity index (χ4v) is 4.38. The minimum Gasteiger partial charge on any atom is -0.503 e. The number of nitrogens with one attached hydrogen (secondary N) is 2. The van der Waals surface area contributed by atoms with Crippen molar-refractivity contribution in [2.24, 2.45) is 7.05 Å². The summed E-state index contributed by atoms with van der Waals surface area (Å²) in [6.07, 6.45) is 11.6. The van der Waals surface area contributed by atoms with Gasteiger partial charge < -0.3 is 20.3 Å². The number of hydrogen-bond acceptors (Lipinski definition) is 5. The minimum absolute atomic E-state index is 0. The number of anilines is 1. The number of aryl methyl sites for hydroxylation is 1. The standard InChI is InChI=1S/C27H37ClN4O2.ClH/c1-20-17-26(33)27(34)25(32(20)2)19-29-14-9-7-5-3-4-6-8-10-15-30-23-13-16-31-24-18-21(28)11-12-22(23)24;/h11-13,16-18,29,34H,3-10,14-15,19H2,1-2H3,(H,30,31);1H. The van der Waals surface area contributed by atoms with Crippen LogP contribution in [0.4, 0.5) is 5.69 Å². The molecule has 0 aliphatic heterocycles. The van der Waals surface area contributed by atoms with E-state index in [0.29, 0.717) is 17.3 Å². The highest BCUT2D eigenvalue weighted by atomic mass is 35.5. The summed E-state index contributed by atoms with van der Waals surface area (Å²) in [5.74, 6) is -0.144. The number of rotatable bonds is 14. The molecule has 0 unspecified atom stereocenters. The maximum absolute atomic E-state index is 11.8. The van der Waals surface area contributed by atoms with E-state index in [-0.39, 0.29) is 23.6 Å². The molecule has 0 atom stereocenters. The van der Waals surface area contributed by atoms with Crippen LogP contribution in [-0.2, 0) is 13.6 Å². The molecule has 3 aromatic rings. The largest absolute Gasteiger partial charge is 0.503 e. The Balaban J connectivity index is 0.00000432. The van der Waals surface area contributed by atoms with E-state index in [2.05, 4.69) is 15.6 Å². The maximum Gasteiger partial charge on any atom is 0.223 e. The number of unbranched alkanes of at least 4 members (excludes halogenated alkanes) is 7. The molecular formula is C27H38Cl2N4O2. The Bertz CT molecular complexity index is 1130. The van der Waals surface area contributed by atoms with Crippen molar-refractivity contribution in [2.75, 3.05) is 18.4 Å². The molecule has 0 aliphatic rings. The monoisotopic (exact) mass is 520 g/mol. The van der Waals surface area contributed by atoms with Crippen LogP contribution in [0.25, 0.3) is 10.9 Å². The van der Waals surface area contributed by atoms with Gasteiger partial charge in [-0.05, 0) is 50.6 Å². The topological polar surface area (TPSA) is 79.2 Å². The highest BCUT2D eigenvalue weighted by molar-refractivity contribution is 6.31. The summed E-state index contributed by atoms with van der Waals surface area (Å²) in [5.41, 5.74) is 3.24. The molecule has 1 aromatic carbocycles. The van der Waals surface area contributed by atoms with E-state index in [1.165, 1.54) is 44.6 Å². The zero-order valence-corrected chi connectivity index (χ0v) is 22.4. The number of halogens is 2. The molecule has 8 heteroatoms. The lowest BCUT2D eigenvalue weighted by molar-refractivity contribution is 0.444. The van der Waals surface area contributed by atoms with Gasteiger partial charge in [-0.15, -0.1) is 12.4 Å². The van der Waals surface area contributed by atoms with Gasteiger partial charge in [-0.3, -0.25) is 9.78 Å². The first-order valence-electron chi connectivity index (χ1n) is 12.3. The van der Waals surface area contributed by atoms with Crippen LogP contribution < -0.4 is 16.1 Å². The summed E-state index contributed by atoms with van der Waals surface area (Å²) < 4.78 is 1.87. The number of aromatic hydroxyl groups is 1. The van der Waals surface area contributed by atoms with Crippen molar-refractivity contribution in [1.82, 2.24) is 14.9 Å². The molecule has 35 heavy (non-hydrogen) atoms. The third kappa shape index (κ3) is 8.71. The van der Waals surface area contributed by atoms with Gasteiger partial charge in [0.1, 0.15) is 0 Å². The number of hydrogen-bond donors (Lipinski definition) is 3. The predicted octanol–water partition coefficient (Wildman–Crippen LogP) is 6.35. The number of nitrogens with zero attached hydrogens (tertiary/aromatic N) is 2. The van der Waals surface area contributed by atoms with Crippen molar-refractivity contribution in [3.8, 4) is 5.75 Å². The number of aromatic nitrogens is 2. The van der Waals surface area contributed by atoms with Crippen LogP contribution in [0.15, 0.2) is 41.3 Å². The first-order chi connectivity index (χ1) is 16.5. The quantitative estimate of drug-likeness (QED) is 0.216. The molecule has 0 radical (unpaired) electrons. The average molecular weight is 522 g/mol. The zero-order chi connectivity index (χ0) is 24.3. The van der Waals surface area contributed by atoms with Gasteiger partial charge in [0, 0.05) is 54.2 Å². The minimum atomic E-state index is -0.306. The molecule has 2 aromatic heterocycles. The SMILES string of the molecule is Cc1cc(=O)c(O)c(CNCCCCCCCCCCNc2ccnc3cc(Cl)ccc23)n1C.Cl. The molecule has 0 aliphatic carbocycles. The average Bonchev–Trinajstić information content (AvgIpc) is 2.82. The summed E-state index contributed by atoms with van der Waals surface area (Å²) in [6, 6.07) is 9.32. The molecular weight excluding hydrogens is 483 g/mol. The molecule has 0 saturated heterocycles. The lowest BCUT2D eigenvalue weighted by atomic mass is 10.1. The number of benzene rings is 1. The fraction of sp³-hybridized carbons (Fsp3) is 0.481. The highest BCUT2D eigenvalue weighted by Crippen LogP contribution is 2.24. The maximum atomic E-state index is 11.8. The highest BCUT2D eigenvalue weighted by Gasteiger charge is 2.10. The Morgan fingerprint density at radius 3 is 2.34 bits per heavy atom. The second-order valence-corrected chi connectivity index (χ2v) is 9.39. The summed E-state index contributed by atoms with van der Waals surface area (Å²) in [7, 11) is 1.87. The summed E-state index contributed by atoms with van der Waals surface area (Å²) in [5, 5.41) is 18.7. The molecule has 0 saturated carbocycles. The first kappa shape index (κ1) is 29.0. The van der Waals surface area contributed by atoms with Gasteiger partial charge >= 0.3 is 0 Å². The van der Waals surface area contributed by atoms with Gasteiger partial charge in [0.25, 0.3) is 0 Å². The van der Waals surface area contributed by atoms with E-state index in [1.54, 1.807) is 0 Å². The van der Waals surface area contributed by atoms with Gasteiger partial charge in [-0.1, -0.05) is 50.1 Å². The van der Waals surface area contributed by atoms with Crippen LogP contribution in [-0.4, -0.2) is 27.7 Å². The second kappa shape index (κ2) is 15.0. The van der Waals surface area contributed by atoms with Crippen molar-refractivity contribution in [2.45, 2.75) is 64.8 Å². The molecule has 192 valence electrons. The molecule has 0 bridgehead atoms. The van der Waals surface area contributed by atoms with E-state index in [4.69, 9.17) is 11.6 Å². The lowest BCUT2D eigenvalue weighted by Gasteiger charge is -2.14. The van der Waals surface area contributed by atoms with Gasteiger partial charge in [-0.2, -0.15) is 0 Å². The summed E-state index contributed by atoms with van der Waals surface area (Å²) >= 11 is 6.06. The smallest absolute Gasteiger partial charge is 0.223 e. The summed E-state index contributed by atoms with van der Waals surface area (Å²) in [4.78, 5) is 16.1. The fourth-order valence-electron chi connectivity index (χ4n) is 4.21. The Labute approximate surface area is 219 Å². The molecule has 3 N–H and O–H groups in total. The third-order valence-corrected chi connectivity index (χ3v) is 6.61. The second-order valence-electron chi connectivity index (χ2n) is 8.96. The first-order valence-corrected chi connectivity index (χ1v) is 12.7. The normalized spacial score (nSPS) is 10.9. The van der Waals surface area contributed by atoms with E-state index in [1.807, 2.05) is 49.0 Å². The van der Waals surface area contributed by atoms with Crippen molar-refractivity contribution >= 4 is 40.6 Å². The number of fused-ring (bicyclic) bond motifs is 1. The van der Waals surface area contributed by atoms with E-state index in [0.717, 1.165) is 48.2 Å². The molecule has 0 fully saturated rings. The van der Waals surface area contributed by atoms with Crippen LogP contribution >= 0.6 is 24.0 Å². The van der Waals surface area contributed by atoms with Gasteiger partial charge in [-0.25, -0.2) is 0 Å². The summed E-state index contributed by atoms with van der Waals surface area (Å²) in [6.45, 7) is 4.25. The van der Waals surface area contributed by atoms with Crippen LogP contribution in [0.1, 0.15) is 62.8 Å². The van der Waals surface area contributed by atoms with E-state index < -0.39 is 0 Å². The third-order valence-electron chi connectivity index (χ3n) is 6.37. The molecule has 3 rings (SSSR count). The van der Waals surface area contributed by atoms with Crippen LogP contribution in [0.2, 0.25) is 5.02 Å². The van der Waals surface area contributed by atoms with Crippen molar-refractivity contribution in [3.63, 3.8) is 0 Å². The zero-order valence-electron chi connectivity index (χ0n) is 20.8. The van der Waals surface area contributed by atoms with Gasteiger partial charge in [0.2, 0.25) is 5.43 Å². The molecule has 0 spiro atoms. The Hall–Kier alpha value is -2.28. The lowest BCUT2D eigenvalue weighted by Crippen LogP contribution is -2.21. The van der Waals surface area contributed by atoms with E-state index >= 15 is 0 Å². The number of pyridine rings is 2. The van der Waals surface area contributed by atoms with Gasteiger partial charge in [0.15, 0.2) is 5.75 Å². The van der Waals surface area contributed by atoms with Gasteiger partial charge in [0.05, 0.1) is 11.2 Å². The van der Waals surface area contributed by atoms with Crippen LogP contribution in [0.5, 0.6) is 5.75 Å². The van der Waals surface area contributed by atoms with E-state index in [9.17, 15) is 9.90 Å². The Morgan fingerprint density at radius 2 is 1.63 bits per heavy atom. The van der Waals surface area contributed by atoms with Crippen molar-refractivity contribution in [1.29, 1.82) is 0 Å². The molecule has 6 nitrogen and oxygen atoms in total. The van der Waals surface area contributed by atoms with Crippen molar-refractivity contribution < 1.29 is 5.11 Å². The predicted molar refractivity (Wildman–Crippen MR) is 149 cm³/mol. The Kier molecular flexibility index (Phi) is 12.4. The van der Waals surface area contributed by atoms with Crippen molar-refractivity contribution in [3.05, 3.63) is 63.2 Å². The Morgan fingerprint density at radius 1 is 0.971 bits per heavy atom. The molecule has 2 heterocycles. The van der Waals surface area contributed by atoms with Crippen LogP contribution in [0, 0.1) is 6.92 Å².